The molecule has 0 atom stereocenters. The molecule has 0 aliphatic rings. The molecule has 0 fully saturated rings. The number of aromatic nitrogens is 2. The molecule has 2 aromatic carbocycles. The Morgan fingerprint density at radius 1 is 1.17 bits per heavy atom. The molecule has 1 aromatic heterocycles. The standard InChI is InChI=1S/C17H18N4O2/c22-21(23)14-6-3-5-13(11-14)12-18-10-4-9-17-19-15-7-1-2-8-16(15)20-17/h1-3,5-8,11,18H,4,9-10,12H2,(H,19,20). The average Bonchev–Trinajstić information content (AvgIpc) is 2.97. The number of para-hydroxylation sites is 2. The highest BCUT2D eigenvalue weighted by atomic mass is 16.6. The van der Waals surface area contributed by atoms with E-state index in [0.717, 1.165) is 41.8 Å². The largest absolute Gasteiger partial charge is 0.342 e. The normalized spacial score (nSPS) is 11.0. The summed E-state index contributed by atoms with van der Waals surface area (Å²) >= 11 is 0. The van der Waals surface area contributed by atoms with Gasteiger partial charge in [-0.15, -0.1) is 0 Å². The van der Waals surface area contributed by atoms with Crippen molar-refractivity contribution >= 4 is 16.7 Å². The zero-order chi connectivity index (χ0) is 16.1. The molecule has 0 saturated carbocycles. The number of rotatable bonds is 7. The lowest BCUT2D eigenvalue weighted by Gasteiger charge is -2.04. The van der Waals surface area contributed by atoms with Gasteiger partial charge in [0.15, 0.2) is 0 Å². The maximum absolute atomic E-state index is 10.7. The molecule has 0 unspecified atom stereocenters. The second-order valence-electron chi connectivity index (χ2n) is 5.41. The smallest absolute Gasteiger partial charge is 0.269 e. The first-order chi connectivity index (χ1) is 11.2. The number of non-ortho nitro benzene ring substituents is 1. The molecular weight excluding hydrogens is 292 g/mol. The van der Waals surface area contributed by atoms with Crippen LogP contribution in [0, 0.1) is 10.1 Å². The van der Waals surface area contributed by atoms with E-state index in [1.54, 1.807) is 12.1 Å². The van der Waals surface area contributed by atoms with Gasteiger partial charge in [-0.25, -0.2) is 4.98 Å². The predicted octanol–water partition coefficient (Wildman–Crippen LogP) is 3.19. The van der Waals surface area contributed by atoms with Crippen molar-refractivity contribution in [2.24, 2.45) is 0 Å². The number of imidazole rings is 1. The van der Waals surface area contributed by atoms with Gasteiger partial charge in [-0.05, 0) is 30.7 Å². The second-order valence-corrected chi connectivity index (χ2v) is 5.41. The van der Waals surface area contributed by atoms with E-state index in [1.165, 1.54) is 6.07 Å². The lowest BCUT2D eigenvalue weighted by Crippen LogP contribution is -2.15. The molecule has 2 N–H and O–H groups in total. The third kappa shape index (κ3) is 3.92. The van der Waals surface area contributed by atoms with Gasteiger partial charge >= 0.3 is 0 Å². The van der Waals surface area contributed by atoms with Crippen molar-refractivity contribution < 1.29 is 4.92 Å². The third-order valence-electron chi connectivity index (χ3n) is 3.66. The van der Waals surface area contributed by atoms with Crippen molar-refractivity contribution in [3.05, 3.63) is 70.0 Å². The topological polar surface area (TPSA) is 83.8 Å². The van der Waals surface area contributed by atoms with Crippen LogP contribution < -0.4 is 5.32 Å². The fourth-order valence-electron chi connectivity index (χ4n) is 2.52. The summed E-state index contributed by atoms with van der Waals surface area (Å²) in [7, 11) is 0. The first-order valence-corrected chi connectivity index (χ1v) is 7.60. The van der Waals surface area contributed by atoms with E-state index in [4.69, 9.17) is 0 Å². The molecule has 0 radical (unpaired) electrons. The quantitative estimate of drug-likeness (QED) is 0.399. The Bertz CT molecular complexity index is 780. The van der Waals surface area contributed by atoms with Gasteiger partial charge in [0.05, 0.1) is 16.0 Å². The first kappa shape index (κ1) is 15.2. The fraction of sp³-hybridized carbons (Fsp3) is 0.235. The highest BCUT2D eigenvalue weighted by Gasteiger charge is 2.05. The molecule has 0 aliphatic heterocycles. The average molecular weight is 310 g/mol. The number of H-pyrrole nitrogens is 1. The van der Waals surface area contributed by atoms with Crippen LogP contribution in [0.1, 0.15) is 17.8 Å². The number of aryl methyl sites for hydroxylation is 1. The summed E-state index contributed by atoms with van der Waals surface area (Å²) in [5.41, 5.74) is 3.11. The van der Waals surface area contributed by atoms with Gasteiger partial charge in [-0.1, -0.05) is 24.3 Å². The molecule has 3 rings (SSSR count). The van der Waals surface area contributed by atoms with Gasteiger partial charge in [0.2, 0.25) is 0 Å². The highest BCUT2D eigenvalue weighted by Crippen LogP contribution is 2.13. The van der Waals surface area contributed by atoms with Crippen LogP contribution in [0.2, 0.25) is 0 Å². The number of nitro groups is 1. The van der Waals surface area contributed by atoms with Gasteiger partial charge in [0.1, 0.15) is 5.82 Å². The van der Waals surface area contributed by atoms with Gasteiger partial charge < -0.3 is 10.3 Å². The van der Waals surface area contributed by atoms with Crippen molar-refractivity contribution in [1.82, 2.24) is 15.3 Å². The zero-order valence-electron chi connectivity index (χ0n) is 12.7. The van der Waals surface area contributed by atoms with E-state index in [2.05, 4.69) is 15.3 Å². The summed E-state index contributed by atoms with van der Waals surface area (Å²) in [5.74, 6) is 0.989. The minimum Gasteiger partial charge on any atom is -0.342 e. The summed E-state index contributed by atoms with van der Waals surface area (Å²) in [4.78, 5) is 18.2. The van der Waals surface area contributed by atoms with Crippen LogP contribution in [-0.2, 0) is 13.0 Å². The van der Waals surface area contributed by atoms with Gasteiger partial charge in [0, 0.05) is 25.1 Å². The number of hydrogen-bond donors (Lipinski definition) is 2. The maximum atomic E-state index is 10.7. The predicted molar refractivity (Wildman–Crippen MR) is 89.2 cm³/mol. The van der Waals surface area contributed by atoms with Crippen LogP contribution >= 0.6 is 0 Å². The van der Waals surface area contributed by atoms with E-state index >= 15 is 0 Å². The lowest BCUT2D eigenvalue weighted by molar-refractivity contribution is -0.384. The Labute approximate surface area is 133 Å². The van der Waals surface area contributed by atoms with E-state index < -0.39 is 0 Å². The summed E-state index contributed by atoms with van der Waals surface area (Å²) in [6.07, 6.45) is 1.82. The third-order valence-corrected chi connectivity index (χ3v) is 3.66. The minimum atomic E-state index is -0.370. The number of fused-ring (bicyclic) bond motifs is 1. The molecule has 23 heavy (non-hydrogen) atoms. The Kier molecular flexibility index (Phi) is 4.63. The molecule has 0 bridgehead atoms. The highest BCUT2D eigenvalue weighted by molar-refractivity contribution is 5.74. The monoisotopic (exact) mass is 310 g/mol. The van der Waals surface area contributed by atoms with E-state index in [1.807, 2.05) is 30.3 Å². The van der Waals surface area contributed by atoms with Gasteiger partial charge in [-0.2, -0.15) is 0 Å². The van der Waals surface area contributed by atoms with Crippen molar-refractivity contribution in [2.45, 2.75) is 19.4 Å². The molecule has 118 valence electrons. The Morgan fingerprint density at radius 3 is 2.87 bits per heavy atom. The minimum absolute atomic E-state index is 0.131. The molecule has 0 amide bonds. The second kappa shape index (κ2) is 7.02. The Hall–Kier alpha value is -2.73. The summed E-state index contributed by atoms with van der Waals surface area (Å²) < 4.78 is 0. The number of nitrogens with one attached hydrogen (secondary N) is 2. The Morgan fingerprint density at radius 2 is 2.04 bits per heavy atom. The van der Waals surface area contributed by atoms with E-state index in [0.29, 0.717) is 6.54 Å². The number of aromatic amines is 1. The van der Waals surface area contributed by atoms with Gasteiger partial charge in [0.25, 0.3) is 5.69 Å². The molecule has 1 heterocycles. The first-order valence-electron chi connectivity index (χ1n) is 7.60. The molecular formula is C17H18N4O2. The lowest BCUT2D eigenvalue weighted by atomic mass is 10.2. The van der Waals surface area contributed by atoms with Gasteiger partial charge in [-0.3, -0.25) is 10.1 Å². The van der Waals surface area contributed by atoms with Crippen LogP contribution in [0.3, 0.4) is 0 Å². The van der Waals surface area contributed by atoms with Crippen molar-refractivity contribution in [2.75, 3.05) is 6.54 Å². The molecule has 0 spiro atoms. The summed E-state index contributed by atoms with van der Waals surface area (Å²) in [6.45, 7) is 1.46. The van der Waals surface area contributed by atoms with Crippen LogP contribution in [0.4, 0.5) is 5.69 Å². The number of nitrogens with zero attached hydrogens (tertiary/aromatic N) is 2. The molecule has 0 aliphatic carbocycles. The summed E-state index contributed by atoms with van der Waals surface area (Å²) in [5, 5.41) is 14.0. The fourth-order valence-corrected chi connectivity index (χ4v) is 2.52. The van der Waals surface area contributed by atoms with E-state index in [-0.39, 0.29) is 10.6 Å². The van der Waals surface area contributed by atoms with E-state index in [9.17, 15) is 10.1 Å². The zero-order valence-corrected chi connectivity index (χ0v) is 12.7. The number of nitro benzene ring substituents is 1. The summed E-state index contributed by atoms with van der Waals surface area (Å²) in [6, 6.07) is 14.7. The van der Waals surface area contributed by atoms with Crippen molar-refractivity contribution in [1.29, 1.82) is 0 Å². The van der Waals surface area contributed by atoms with Crippen molar-refractivity contribution in [3.63, 3.8) is 0 Å². The van der Waals surface area contributed by atoms with Crippen molar-refractivity contribution in [3.8, 4) is 0 Å². The van der Waals surface area contributed by atoms with Crippen LogP contribution in [0.15, 0.2) is 48.5 Å². The van der Waals surface area contributed by atoms with Crippen LogP contribution in [0.5, 0.6) is 0 Å². The Balaban J connectivity index is 1.45. The molecule has 6 nitrogen and oxygen atoms in total. The number of hydrogen-bond acceptors (Lipinski definition) is 4. The molecule has 0 saturated heterocycles. The maximum Gasteiger partial charge on any atom is 0.269 e. The number of benzene rings is 2. The van der Waals surface area contributed by atoms with Crippen LogP contribution in [-0.4, -0.2) is 21.4 Å². The molecule has 6 heteroatoms. The SMILES string of the molecule is O=[N+]([O-])c1cccc(CNCCCc2nc3ccccc3[nH]2)c1. The van der Waals surface area contributed by atoms with Crippen LogP contribution in [0.25, 0.3) is 11.0 Å². The molecule has 3 aromatic rings.